The number of nitrogens with two attached hydrogens (primary N) is 1. The highest BCUT2D eigenvalue weighted by molar-refractivity contribution is 5.25. The van der Waals surface area contributed by atoms with E-state index in [1.807, 2.05) is 12.1 Å². The Hall–Kier alpha value is -0.970. The van der Waals surface area contributed by atoms with Gasteiger partial charge in [0.05, 0.1) is 6.10 Å². The van der Waals surface area contributed by atoms with Gasteiger partial charge < -0.3 is 10.8 Å². The summed E-state index contributed by atoms with van der Waals surface area (Å²) in [5.41, 5.74) is 7.22. The molecule has 0 radical (unpaired) electrons. The van der Waals surface area contributed by atoms with Gasteiger partial charge in [-0.3, -0.25) is 4.90 Å². The van der Waals surface area contributed by atoms with Gasteiger partial charge in [0, 0.05) is 37.7 Å². The Balaban J connectivity index is 1.66. The third kappa shape index (κ3) is 2.53. The van der Waals surface area contributed by atoms with Crippen LogP contribution in [0.4, 0.5) is 4.39 Å². The summed E-state index contributed by atoms with van der Waals surface area (Å²) in [6, 6.07) is 5.20. The van der Waals surface area contributed by atoms with Gasteiger partial charge in [-0.15, -0.1) is 0 Å². The molecule has 104 valence electrons. The number of likely N-dealkylation sites (tertiary alicyclic amines) is 1. The number of hydrogen-bond donors (Lipinski definition) is 2. The molecule has 0 bridgehead atoms. The molecule has 19 heavy (non-hydrogen) atoms. The number of aliphatic hydroxyl groups is 1. The first-order valence-corrected chi connectivity index (χ1v) is 7.05. The van der Waals surface area contributed by atoms with E-state index in [-0.39, 0.29) is 18.5 Å². The third-order valence-corrected chi connectivity index (χ3v) is 4.63. The van der Waals surface area contributed by atoms with E-state index in [9.17, 15) is 9.50 Å². The first-order chi connectivity index (χ1) is 9.17. The van der Waals surface area contributed by atoms with Crippen LogP contribution in [0.1, 0.15) is 24.0 Å². The molecule has 4 heteroatoms. The summed E-state index contributed by atoms with van der Waals surface area (Å²) >= 11 is 0. The Kier molecular flexibility index (Phi) is 3.56. The van der Waals surface area contributed by atoms with Crippen molar-refractivity contribution in [3.05, 3.63) is 35.1 Å². The Morgan fingerprint density at radius 2 is 2.16 bits per heavy atom. The van der Waals surface area contributed by atoms with E-state index in [4.69, 9.17) is 5.73 Å². The highest BCUT2D eigenvalue weighted by Crippen LogP contribution is 2.38. The summed E-state index contributed by atoms with van der Waals surface area (Å²) in [5.74, 6) is 0.860. The molecule has 1 saturated carbocycles. The number of nitrogens with zero attached hydrogens (tertiary/aromatic N) is 1. The summed E-state index contributed by atoms with van der Waals surface area (Å²) in [7, 11) is 0. The lowest BCUT2D eigenvalue weighted by Crippen LogP contribution is -2.24. The van der Waals surface area contributed by atoms with E-state index in [1.54, 1.807) is 0 Å². The zero-order chi connectivity index (χ0) is 13.4. The highest BCUT2D eigenvalue weighted by atomic mass is 19.1. The number of hydrogen-bond acceptors (Lipinski definition) is 3. The number of halogens is 1. The van der Waals surface area contributed by atoms with Crippen molar-refractivity contribution in [3.8, 4) is 0 Å². The molecular formula is C15H21FN2O. The summed E-state index contributed by atoms with van der Waals surface area (Å²) < 4.78 is 13.4. The molecule has 1 aromatic carbocycles. The fourth-order valence-electron chi connectivity index (χ4n) is 3.60. The highest BCUT2D eigenvalue weighted by Gasteiger charge is 2.41. The molecule has 1 heterocycles. The van der Waals surface area contributed by atoms with Crippen molar-refractivity contribution < 1.29 is 9.50 Å². The topological polar surface area (TPSA) is 49.5 Å². The van der Waals surface area contributed by atoms with E-state index in [0.717, 1.165) is 38.0 Å². The van der Waals surface area contributed by atoms with Crippen LogP contribution >= 0.6 is 0 Å². The number of rotatable bonds is 3. The summed E-state index contributed by atoms with van der Waals surface area (Å²) in [6.07, 6.45) is 1.97. The van der Waals surface area contributed by atoms with Crippen LogP contribution in [0.15, 0.2) is 18.2 Å². The summed E-state index contributed by atoms with van der Waals surface area (Å²) in [6.45, 7) is 3.08. The summed E-state index contributed by atoms with van der Waals surface area (Å²) in [5, 5.41) is 9.91. The minimum atomic E-state index is -0.222. The molecule has 3 N–H and O–H groups in total. The first-order valence-electron chi connectivity index (χ1n) is 7.05. The van der Waals surface area contributed by atoms with Crippen molar-refractivity contribution in [1.29, 1.82) is 0 Å². The van der Waals surface area contributed by atoms with Gasteiger partial charge in [-0.2, -0.15) is 0 Å². The van der Waals surface area contributed by atoms with Gasteiger partial charge in [0.15, 0.2) is 0 Å². The fraction of sp³-hybridized carbons (Fsp3) is 0.600. The van der Waals surface area contributed by atoms with Crippen molar-refractivity contribution in [2.45, 2.75) is 32.0 Å². The molecule has 0 amide bonds. The molecule has 0 spiro atoms. The molecule has 3 nitrogen and oxygen atoms in total. The quantitative estimate of drug-likeness (QED) is 0.869. The second-order valence-electron chi connectivity index (χ2n) is 5.89. The van der Waals surface area contributed by atoms with Gasteiger partial charge in [0.25, 0.3) is 0 Å². The van der Waals surface area contributed by atoms with Crippen molar-refractivity contribution >= 4 is 0 Å². The van der Waals surface area contributed by atoms with Crippen LogP contribution < -0.4 is 5.73 Å². The summed E-state index contributed by atoms with van der Waals surface area (Å²) in [4.78, 5) is 2.37. The zero-order valence-corrected chi connectivity index (χ0v) is 11.1. The van der Waals surface area contributed by atoms with Crippen LogP contribution in [0.25, 0.3) is 0 Å². The number of benzene rings is 1. The lowest BCUT2D eigenvalue weighted by molar-refractivity contribution is 0.123. The molecule has 1 aliphatic carbocycles. The number of fused-ring (bicyclic) bond motifs is 1. The molecule has 3 rings (SSSR count). The Morgan fingerprint density at radius 1 is 1.32 bits per heavy atom. The monoisotopic (exact) mass is 264 g/mol. The second-order valence-corrected chi connectivity index (χ2v) is 5.89. The van der Waals surface area contributed by atoms with Crippen molar-refractivity contribution in [3.63, 3.8) is 0 Å². The average molecular weight is 264 g/mol. The maximum Gasteiger partial charge on any atom is 0.127 e. The van der Waals surface area contributed by atoms with Gasteiger partial charge in [-0.05, 0) is 30.4 Å². The van der Waals surface area contributed by atoms with Crippen LogP contribution in [0.3, 0.4) is 0 Å². The number of aliphatic hydroxyl groups excluding tert-OH is 1. The maximum absolute atomic E-state index is 13.4. The average Bonchev–Trinajstić information content (AvgIpc) is 2.94. The Labute approximate surface area is 113 Å². The van der Waals surface area contributed by atoms with E-state index >= 15 is 0 Å². The predicted octanol–water partition coefficient (Wildman–Crippen LogP) is 1.49. The third-order valence-electron chi connectivity index (χ3n) is 4.63. The minimum Gasteiger partial charge on any atom is -0.393 e. The Morgan fingerprint density at radius 3 is 2.89 bits per heavy atom. The first kappa shape index (κ1) is 13.0. The van der Waals surface area contributed by atoms with Crippen LogP contribution in [0, 0.1) is 17.7 Å². The lowest BCUT2D eigenvalue weighted by atomic mass is 10.00. The van der Waals surface area contributed by atoms with Crippen LogP contribution in [-0.2, 0) is 13.1 Å². The molecule has 1 saturated heterocycles. The molecule has 1 aromatic rings. The van der Waals surface area contributed by atoms with Gasteiger partial charge in [0.2, 0.25) is 0 Å². The van der Waals surface area contributed by atoms with Crippen molar-refractivity contribution in [2.75, 3.05) is 13.1 Å². The molecule has 0 aromatic heterocycles. The molecule has 1 aliphatic heterocycles. The fourth-order valence-corrected chi connectivity index (χ4v) is 3.60. The Bertz CT molecular complexity index is 465. The van der Waals surface area contributed by atoms with Crippen LogP contribution in [0.5, 0.6) is 0 Å². The van der Waals surface area contributed by atoms with Crippen LogP contribution in [-0.4, -0.2) is 29.2 Å². The van der Waals surface area contributed by atoms with Gasteiger partial charge in [0.1, 0.15) is 5.82 Å². The van der Waals surface area contributed by atoms with Gasteiger partial charge in [-0.1, -0.05) is 12.1 Å². The molecule has 3 atom stereocenters. The van der Waals surface area contributed by atoms with Crippen molar-refractivity contribution in [1.82, 2.24) is 4.90 Å². The smallest absolute Gasteiger partial charge is 0.127 e. The van der Waals surface area contributed by atoms with Crippen LogP contribution in [0.2, 0.25) is 0 Å². The largest absolute Gasteiger partial charge is 0.393 e. The SMILES string of the molecule is NCc1cc(CN2CC3CCC(O)C3C2)ccc1F. The molecule has 2 fully saturated rings. The van der Waals surface area contributed by atoms with E-state index in [2.05, 4.69) is 4.90 Å². The van der Waals surface area contributed by atoms with Gasteiger partial charge in [-0.25, -0.2) is 4.39 Å². The standard InChI is InChI=1S/C15H21FN2O/c16-14-3-1-10(5-12(14)6-17)7-18-8-11-2-4-15(19)13(11)9-18/h1,3,5,11,13,15,19H,2,4,6-9,17H2. The van der Waals surface area contributed by atoms with Gasteiger partial charge >= 0.3 is 0 Å². The molecule has 3 unspecified atom stereocenters. The minimum absolute atomic E-state index is 0.122. The maximum atomic E-state index is 13.4. The normalized spacial score (nSPS) is 30.8. The molecule has 2 aliphatic rings. The van der Waals surface area contributed by atoms with E-state index in [1.165, 1.54) is 6.07 Å². The second kappa shape index (κ2) is 5.19. The predicted molar refractivity (Wildman–Crippen MR) is 71.8 cm³/mol. The van der Waals surface area contributed by atoms with Crippen molar-refractivity contribution in [2.24, 2.45) is 17.6 Å². The zero-order valence-electron chi connectivity index (χ0n) is 11.1. The van der Waals surface area contributed by atoms with E-state index in [0.29, 0.717) is 17.4 Å². The molecular weight excluding hydrogens is 243 g/mol. The van der Waals surface area contributed by atoms with E-state index < -0.39 is 0 Å². The lowest BCUT2D eigenvalue weighted by Gasteiger charge is -2.18.